The number of aliphatic hydroxyl groups is 1. The van der Waals surface area contributed by atoms with Crippen LogP contribution in [-0.2, 0) is 4.74 Å². The van der Waals surface area contributed by atoms with Crippen LogP contribution in [-0.4, -0.2) is 17.8 Å². The van der Waals surface area contributed by atoms with Gasteiger partial charge in [0.05, 0.1) is 6.10 Å². The van der Waals surface area contributed by atoms with Crippen molar-refractivity contribution >= 4 is 0 Å². The molecule has 0 aliphatic heterocycles. The third-order valence-corrected chi connectivity index (χ3v) is 3.86. The summed E-state index contributed by atoms with van der Waals surface area (Å²) in [5, 5.41) is 10.4. The molecule has 0 fully saturated rings. The average Bonchev–Trinajstić information content (AvgIpc) is 2.40. The van der Waals surface area contributed by atoms with E-state index in [4.69, 9.17) is 4.74 Å². The standard InChI is InChI=1S/C16H24O2/c1-3-4-7-10-18-15-11-12(2)13-8-5-6-9-14(13)16(15)17/h5-6,8-9,12,15-17H,3-4,7,10-11H2,1-2H3. The maximum absolute atomic E-state index is 10.4. The van der Waals surface area contributed by atoms with Crippen LogP contribution in [0.2, 0.25) is 0 Å². The number of ether oxygens (including phenoxy) is 1. The first-order valence-corrected chi connectivity index (χ1v) is 7.12. The molecule has 100 valence electrons. The zero-order chi connectivity index (χ0) is 13.0. The lowest BCUT2D eigenvalue weighted by atomic mass is 9.80. The van der Waals surface area contributed by atoms with Gasteiger partial charge in [-0.15, -0.1) is 0 Å². The molecule has 3 unspecified atom stereocenters. The Morgan fingerprint density at radius 2 is 1.94 bits per heavy atom. The highest BCUT2D eigenvalue weighted by atomic mass is 16.5. The minimum Gasteiger partial charge on any atom is -0.386 e. The molecule has 0 spiro atoms. The average molecular weight is 248 g/mol. The Hall–Kier alpha value is -0.860. The molecule has 0 radical (unpaired) electrons. The van der Waals surface area contributed by atoms with Gasteiger partial charge in [-0.05, 0) is 29.9 Å². The van der Waals surface area contributed by atoms with Gasteiger partial charge in [0.15, 0.2) is 0 Å². The molecule has 0 amide bonds. The quantitative estimate of drug-likeness (QED) is 0.803. The zero-order valence-electron chi connectivity index (χ0n) is 11.4. The van der Waals surface area contributed by atoms with Crippen molar-refractivity contribution in [2.24, 2.45) is 0 Å². The van der Waals surface area contributed by atoms with Crippen molar-refractivity contribution in [1.82, 2.24) is 0 Å². The fourth-order valence-corrected chi connectivity index (χ4v) is 2.78. The van der Waals surface area contributed by atoms with E-state index in [0.717, 1.165) is 25.0 Å². The van der Waals surface area contributed by atoms with Gasteiger partial charge in [0.1, 0.15) is 6.10 Å². The van der Waals surface area contributed by atoms with Gasteiger partial charge in [-0.2, -0.15) is 0 Å². The molecule has 0 saturated carbocycles. The van der Waals surface area contributed by atoms with Gasteiger partial charge in [-0.1, -0.05) is 51.0 Å². The molecular weight excluding hydrogens is 224 g/mol. The largest absolute Gasteiger partial charge is 0.386 e. The maximum atomic E-state index is 10.4. The van der Waals surface area contributed by atoms with Gasteiger partial charge < -0.3 is 9.84 Å². The summed E-state index contributed by atoms with van der Waals surface area (Å²) in [7, 11) is 0. The lowest BCUT2D eigenvalue weighted by molar-refractivity contribution is -0.0532. The number of fused-ring (bicyclic) bond motifs is 1. The molecule has 1 aliphatic rings. The van der Waals surface area contributed by atoms with Crippen LogP contribution in [0.1, 0.15) is 62.7 Å². The van der Waals surface area contributed by atoms with Crippen molar-refractivity contribution in [3.63, 3.8) is 0 Å². The second kappa shape index (κ2) is 6.35. The SMILES string of the molecule is CCCCCOC1CC(C)c2ccccc2C1O. The molecule has 3 atom stereocenters. The molecule has 1 aromatic carbocycles. The number of benzene rings is 1. The summed E-state index contributed by atoms with van der Waals surface area (Å²) in [4.78, 5) is 0. The first kappa shape index (κ1) is 13.6. The molecule has 0 bridgehead atoms. The van der Waals surface area contributed by atoms with Crippen molar-refractivity contribution in [1.29, 1.82) is 0 Å². The zero-order valence-corrected chi connectivity index (χ0v) is 11.4. The van der Waals surface area contributed by atoms with E-state index < -0.39 is 6.10 Å². The van der Waals surface area contributed by atoms with E-state index in [0.29, 0.717) is 5.92 Å². The topological polar surface area (TPSA) is 29.5 Å². The van der Waals surface area contributed by atoms with Crippen molar-refractivity contribution in [2.75, 3.05) is 6.61 Å². The maximum Gasteiger partial charge on any atom is 0.105 e. The van der Waals surface area contributed by atoms with E-state index in [2.05, 4.69) is 19.9 Å². The first-order chi connectivity index (χ1) is 8.74. The van der Waals surface area contributed by atoms with Crippen LogP contribution in [0.5, 0.6) is 0 Å². The smallest absolute Gasteiger partial charge is 0.105 e. The second-order valence-corrected chi connectivity index (χ2v) is 5.33. The lowest BCUT2D eigenvalue weighted by Crippen LogP contribution is -2.30. The highest BCUT2D eigenvalue weighted by molar-refractivity contribution is 5.35. The molecule has 0 saturated heterocycles. The molecule has 0 heterocycles. The predicted molar refractivity (Wildman–Crippen MR) is 73.7 cm³/mol. The highest BCUT2D eigenvalue weighted by Gasteiger charge is 2.31. The Morgan fingerprint density at radius 1 is 1.22 bits per heavy atom. The van der Waals surface area contributed by atoms with E-state index in [1.54, 1.807) is 0 Å². The molecule has 2 rings (SSSR count). The van der Waals surface area contributed by atoms with E-state index in [1.165, 1.54) is 18.4 Å². The molecule has 1 N–H and O–H groups in total. The summed E-state index contributed by atoms with van der Waals surface area (Å²) < 4.78 is 5.87. The Bertz CT molecular complexity index is 375. The van der Waals surface area contributed by atoms with Crippen molar-refractivity contribution in [3.8, 4) is 0 Å². The molecule has 0 aromatic heterocycles. The fraction of sp³-hybridized carbons (Fsp3) is 0.625. The summed E-state index contributed by atoms with van der Waals surface area (Å²) in [6.45, 7) is 5.17. The fourth-order valence-electron chi connectivity index (χ4n) is 2.78. The number of hydrogen-bond acceptors (Lipinski definition) is 2. The minimum absolute atomic E-state index is 0.0354. The van der Waals surface area contributed by atoms with Gasteiger partial charge >= 0.3 is 0 Å². The molecule has 1 aliphatic carbocycles. The molecule has 2 nitrogen and oxygen atoms in total. The molecule has 1 aromatic rings. The second-order valence-electron chi connectivity index (χ2n) is 5.33. The van der Waals surface area contributed by atoms with Crippen LogP contribution in [0.3, 0.4) is 0 Å². The Morgan fingerprint density at radius 3 is 2.67 bits per heavy atom. The van der Waals surface area contributed by atoms with E-state index in [9.17, 15) is 5.11 Å². The van der Waals surface area contributed by atoms with Crippen LogP contribution < -0.4 is 0 Å². The van der Waals surface area contributed by atoms with E-state index >= 15 is 0 Å². The van der Waals surface area contributed by atoms with Gasteiger partial charge in [-0.3, -0.25) is 0 Å². The highest BCUT2D eigenvalue weighted by Crippen LogP contribution is 2.38. The van der Waals surface area contributed by atoms with Crippen LogP contribution >= 0.6 is 0 Å². The third kappa shape index (κ3) is 2.93. The van der Waals surface area contributed by atoms with Crippen molar-refractivity contribution < 1.29 is 9.84 Å². The normalized spacial score (nSPS) is 26.9. The molecular formula is C16H24O2. The number of unbranched alkanes of at least 4 members (excludes halogenated alkanes) is 2. The summed E-state index contributed by atoms with van der Waals surface area (Å²) >= 11 is 0. The summed E-state index contributed by atoms with van der Waals surface area (Å²) in [5.74, 6) is 0.473. The summed E-state index contributed by atoms with van der Waals surface area (Å²) in [6.07, 6.45) is 3.93. The van der Waals surface area contributed by atoms with Crippen molar-refractivity contribution in [3.05, 3.63) is 35.4 Å². The van der Waals surface area contributed by atoms with E-state index in [1.807, 2.05) is 18.2 Å². The Balaban J connectivity index is 1.99. The van der Waals surface area contributed by atoms with Crippen LogP contribution in [0, 0.1) is 0 Å². The van der Waals surface area contributed by atoms with Crippen molar-refractivity contribution in [2.45, 2.75) is 57.7 Å². The van der Waals surface area contributed by atoms with Gasteiger partial charge in [0.2, 0.25) is 0 Å². The van der Waals surface area contributed by atoms with Gasteiger partial charge in [-0.25, -0.2) is 0 Å². The number of hydrogen-bond donors (Lipinski definition) is 1. The first-order valence-electron chi connectivity index (χ1n) is 7.12. The van der Waals surface area contributed by atoms with Crippen LogP contribution in [0.25, 0.3) is 0 Å². The predicted octanol–water partition coefficient (Wildman–Crippen LogP) is 3.80. The Kier molecular flexibility index (Phi) is 4.79. The minimum atomic E-state index is -0.459. The third-order valence-electron chi connectivity index (χ3n) is 3.86. The van der Waals surface area contributed by atoms with E-state index in [-0.39, 0.29) is 6.10 Å². The number of aliphatic hydroxyl groups excluding tert-OH is 1. The summed E-state index contributed by atoms with van der Waals surface area (Å²) in [6, 6.07) is 8.19. The van der Waals surface area contributed by atoms with Gasteiger partial charge in [0, 0.05) is 6.61 Å². The lowest BCUT2D eigenvalue weighted by Gasteiger charge is -2.33. The monoisotopic (exact) mass is 248 g/mol. The Labute approximate surface area is 110 Å². The van der Waals surface area contributed by atoms with Crippen LogP contribution in [0.4, 0.5) is 0 Å². The summed E-state index contributed by atoms with van der Waals surface area (Å²) in [5.41, 5.74) is 2.33. The van der Waals surface area contributed by atoms with Gasteiger partial charge in [0.25, 0.3) is 0 Å². The van der Waals surface area contributed by atoms with Crippen LogP contribution in [0.15, 0.2) is 24.3 Å². The molecule has 2 heteroatoms. The molecule has 18 heavy (non-hydrogen) atoms. The number of rotatable bonds is 5.